The summed E-state index contributed by atoms with van der Waals surface area (Å²) >= 11 is 0. The van der Waals surface area contributed by atoms with Crippen molar-refractivity contribution >= 4 is 19.4 Å². The van der Waals surface area contributed by atoms with E-state index in [2.05, 4.69) is 15.3 Å². The first-order chi connectivity index (χ1) is 10.7. The maximum atomic E-state index is 10.8. The fourth-order valence-electron chi connectivity index (χ4n) is 2.37. The summed E-state index contributed by atoms with van der Waals surface area (Å²) in [6, 6.07) is 0. The summed E-state index contributed by atoms with van der Waals surface area (Å²) in [7, 11) is -4.34. The summed E-state index contributed by atoms with van der Waals surface area (Å²) in [4.78, 5) is 25.6. The smallest absolute Gasteiger partial charge is 0.351 e. The molecule has 0 spiro atoms. The molecule has 3 heterocycles. The van der Waals surface area contributed by atoms with Gasteiger partial charge in [0.2, 0.25) is 0 Å². The molecule has 1 aromatic rings. The molecular weight excluding hydrogens is 333 g/mol. The van der Waals surface area contributed by atoms with Gasteiger partial charge in [-0.1, -0.05) is 0 Å². The van der Waals surface area contributed by atoms with E-state index >= 15 is 0 Å². The summed E-state index contributed by atoms with van der Waals surface area (Å²) in [6.07, 6.45) is -3.56. The highest BCUT2D eigenvalue weighted by atomic mass is 31.2. The summed E-state index contributed by atoms with van der Waals surface area (Å²) in [6.45, 7) is 0. The lowest BCUT2D eigenvalue weighted by molar-refractivity contribution is -0.146. The summed E-state index contributed by atoms with van der Waals surface area (Å²) in [5.74, 6) is 0.196. The average Bonchev–Trinajstić information content (AvgIpc) is 2.99. The minimum absolute atomic E-state index is 0.0115. The van der Waals surface area contributed by atoms with Crippen LogP contribution in [0.15, 0.2) is 11.3 Å². The number of hydrogen-bond acceptors (Lipinski definition) is 9. The van der Waals surface area contributed by atoms with Crippen LogP contribution in [0.1, 0.15) is 24.6 Å². The van der Waals surface area contributed by atoms with Gasteiger partial charge in [0.15, 0.2) is 36.9 Å². The van der Waals surface area contributed by atoms with Crippen molar-refractivity contribution in [2.45, 2.75) is 31.3 Å². The normalized spacial score (nSPS) is 30.7. The Morgan fingerprint density at radius 3 is 2.96 bits per heavy atom. The lowest BCUT2D eigenvalue weighted by atomic mass is 10.2. The van der Waals surface area contributed by atoms with Crippen LogP contribution in [0, 0.1) is 0 Å². The van der Waals surface area contributed by atoms with Crippen LogP contribution in [0.25, 0.3) is 0 Å². The van der Waals surface area contributed by atoms with Gasteiger partial charge in [0, 0.05) is 6.42 Å². The Kier molecular flexibility index (Phi) is 4.14. The van der Waals surface area contributed by atoms with Gasteiger partial charge >= 0.3 is 7.60 Å². The standard InChI is InChI=1S/C10H16N5O7P/c11-10-13-7-6(8(17)14-10)12-2-15(7)9-4(16)1-5(22-9)21-3-23(18,19)20/h2,4-5,8-9,16-17H,1,3H2,(H3,11,13,14)(H2,18,19,20)/t4-,5-,8?,9+/m0/s1. The van der Waals surface area contributed by atoms with E-state index in [1.165, 1.54) is 10.9 Å². The van der Waals surface area contributed by atoms with Crippen molar-refractivity contribution in [2.75, 3.05) is 6.35 Å². The summed E-state index contributed by atoms with van der Waals surface area (Å²) in [5, 5.41) is 22.4. The fourth-order valence-corrected chi connectivity index (χ4v) is 2.73. The Bertz CT molecular complexity index is 673. The summed E-state index contributed by atoms with van der Waals surface area (Å²) < 4.78 is 22.6. The molecule has 13 heteroatoms. The van der Waals surface area contributed by atoms with Crippen LogP contribution < -0.4 is 11.1 Å². The first kappa shape index (κ1) is 16.3. The number of aliphatic imine (C=N–C) groups is 1. The van der Waals surface area contributed by atoms with E-state index in [1.807, 2.05) is 0 Å². The van der Waals surface area contributed by atoms with Crippen LogP contribution in [-0.2, 0) is 14.0 Å². The van der Waals surface area contributed by atoms with Crippen LogP contribution >= 0.6 is 7.60 Å². The number of nitrogens with one attached hydrogen (secondary N) is 1. The Balaban J connectivity index is 1.77. The number of nitrogens with two attached hydrogens (primary N) is 1. The molecule has 3 rings (SSSR count). The molecule has 0 aromatic carbocycles. The maximum absolute atomic E-state index is 10.8. The second kappa shape index (κ2) is 5.83. The van der Waals surface area contributed by atoms with Gasteiger partial charge in [-0.2, -0.15) is 4.99 Å². The van der Waals surface area contributed by atoms with Crippen LogP contribution in [0.2, 0.25) is 0 Å². The Labute approximate surface area is 129 Å². The van der Waals surface area contributed by atoms with Gasteiger partial charge in [-0.15, -0.1) is 0 Å². The lowest BCUT2D eigenvalue weighted by Crippen LogP contribution is -2.37. The predicted octanol–water partition coefficient (Wildman–Crippen LogP) is -1.82. The lowest BCUT2D eigenvalue weighted by Gasteiger charge is -2.21. The fraction of sp³-hybridized carbons (Fsp3) is 0.600. The second-order valence-electron chi connectivity index (χ2n) is 5.12. The zero-order valence-corrected chi connectivity index (χ0v) is 12.6. The van der Waals surface area contributed by atoms with E-state index in [1.54, 1.807) is 0 Å². The number of guanidine groups is 1. The predicted molar refractivity (Wildman–Crippen MR) is 74.1 cm³/mol. The molecule has 23 heavy (non-hydrogen) atoms. The van der Waals surface area contributed by atoms with Crippen LogP contribution in [0.5, 0.6) is 0 Å². The number of aliphatic hydroxyl groups is 2. The van der Waals surface area contributed by atoms with E-state index in [9.17, 15) is 14.8 Å². The average molecular weight is 349 g/mol. The minimum atomic E-state index is -4.34. The monoisotopic (exact) mass is 349 g/mol. The van der Waals surface area contributed by atoms with Crippen molar-refractivity contribution < 1.29 is 34.0 Å². The van der Waals surface area contributed by atoms with Crippen LogP contribution in [-0.4, -0.2) is 54.3 Å². The molecule has 0 aliphatic carbocycles. The van der Waals surface area contributed by atoms with Crippen molar-refractivity contribution in [3.05, 3.63) is 12.0 Å². The second-order valence-corrected chi connectivity index (χ2v) is 6.71. The van der Waals surface area contributed by atoms with Crippen molar-refractivity contribution in [3.8, 4) is 0 Å². The van der Waals surface area contributed by atoms with Crippen molar-refractivity contribution in [1.82, 2.24) is 14.9 Å². The highest BCUT2D eigenvalue weighted by molar-refractivity contribution is 7.51. The van der Waals surface area contributed by atoms with Gasteiger partial charge < -0.3 is 40.5 Å². The molecule has 1 fully saturated rings. The molecule has 4 atom stereocenters. The molecule has 0 amide bonds. The molecule has 0 radical (unpaired) electrons. The van der Waals surface area contributed by atoms with Gasteiger partial charge in [0.1, 0.15) is 11.8 Å². The van der Waals surface area contributed by atoms with E-state index in [0.29, 0.717) is 0 Å². The molecule has 1 unspecified atom stereocenters. The molecule has 1 aromatic heterocycles. The molecule has 128 valence electrons. The molecule has 12 nitrogen and oxygen atoms in total. The topological polar surface area (TPSA) is 185 Å². The first-order valence-electron chi connectivity index (χ1n) is 6.60. The van der Waals surface area contributed by atoms with Crippen LogP contribution in [0.3, 0.4) is 0 Å². The van der Waals surface area contributed by atoms with Gasteiger partial charge in [0.05, 0.1) is 6.33 Å². The zero-order chi connectivity index (χ0) is 16.8. The molecule has 0 saturated carbocycles. The Morgan fingerprint density at radius 2 is 2.26 bits per heavy atom. The minimum Gasteiger partial charge on any atom is -0.388 e. The molecule has 2 aliphatic rings. The number of aromatic nitrogens is 2. The first-order valence-corrected chi connectivity index (χ1v) is 8.39. The number of imidazole rings is 1. The molecular formula is C10H16N5O7P. The van der Waals surface area contributed by atoms with E-state index < -0.39 is 38.8 Å². The quantitative estimate of drug-likeness (QED) is 0.338. The third kappa shape index (κ3) is 3.38. The molecule has 0 bridgehead atoms. The summed E-state index contributed by atoms with van der Waals surface area (Å²) in [5.41, 5.74) is 5.76. The number of fused-ring (bicyclic) bond motifs is 1. The number of hydrogen-bond donors (Lipinski definition) is 6. The highest BCUT2D eigenvalue weighted by Crippen LogP contribution is 2.39. The van der Waals surface area contributed by atoms with Gasteiger partial charge in [-0.05, 0) is 0 Å². The third-order valence-corrected chi connectivity index (χ3v) is 3.81. The molecule has 1 saturated heterocycles. The third-order valence-electron chi connectivity index (χ3n) is 3.32. The molecule has 7 N–H and O–H groups in total. The SMILES string of the molecule is NC1=Nc2c(ncn2[C@@H]2O[C@H](OCP(=O)(O)O)C[C@@H]2O)C(O)N1. The van der Waals surface area contributed by atoms with Gasteiger partial charge in [0.25, 0.3) is 0 Å². The van der Waals surface area contributed by atoms with E-state index in [-0.39, 0.29) is 23.9 Å². The van der Waals surface area contributed by atoms with E-state index in [4.69, 9.17) is 25.0 Å². The van der Waals surface area contributed by atoms with Crippen molar-refractivity contribution in [1.29, 1.82) is 0 Å². The Morgan fingerprint density at radius 1 is 1.52 bits per heavy atom. The van der Waals surface area contributed by atoms with Gasteiger partial charge in [-0.3, -0.25) is 9.13 Å². The largest absolute Gasteiger partial charge is 0.388 e. The number of nitrogens with zero attached hydrogens (tertiary/aromatic N) is 3. The molecule has 2 aliphatic heterocycles. The number of ether oxygens (including phenoxy) is 2. The zero-order valence-electron chi connectivity index (χ0n) is 11.7. The van der Waals surface area contributed by atoms with E-state index in [0.717, 1.165) is 0 Å². The Hall–Kier alpha value is -1.53. The highest BCUT2D eigenvalue weighted by Gasteiger charge is 2.39. The number of aliphatic hydroxyl groups excluding tert-OH is 2. The number of rotatable bonds is 4. The van der Waals surface area contributed by atoms with Crippen molar-refractivity contribution in [3.63, 3.8) is 0 Å². The van der Waals surface area contributed by atoms with Crippen molar-refractivity contribution in [2.24, 2.45) is 10.7 Å². The van der Waals surface area contributed by atoms with Crippen LogP contribution in [0.4, 0.5) is 5.82 Å². The van der Waals surface area contributed by atoms with Gasteiger partial charge in [-0.25, -0.2) is 4.98 Å². The maximum Gasteiger partial charge on any atom is 0.351 e.